The monoisotopic (exact) mass is 908 g/mol. The zero-order chi connectivity index (χ0) is 41.0. The first kappa shape index (κ1) is 46.5. The second-order valence-corrected chi connectivity index (χ2v) is 22.9. The fourth-order valence-electron chi connectivity index (χ4n) is 7.33. The van der Waals surface area contributed by atoms with Gasteiger partial charge in [0.05, 0.1) is 36.1 Å². The van der Waals surface area contributed by atoms with E-state index in [-0.39, 0.29) is 57.7 Å². The van der Waals surface area contributed by atoms with Gasteiger partial charge < -0.3 is 38.6 Å². The van der Waals surface area contributed by atoms with Gasteiger partial charge in [0, 0.05) is 45.1 Å². The zero-order valence-electron chi connectivity index (χ0n) is 34.4. The first-order valence-electron chi connectivity index (χ1n) is 20.1. The van der Waals surface area contributed by atoms with Crippen LogP contribution in [0.4, 0.5) is 0 Å². The van der Waals surface area contributed by atoms with Crippen LogP contribution in [0.25, 0.3) is 0 Å². The molecule has 2 aromatic carbocycles. The van der Waals surface area contributed by atoms with E-state index in [1.807, 2.05) is 117 Å². The fraction of sp³-hybridized carbons (Fsp3) is 0.643. The number of amidine groups is 2. The lowest BCUT2D eigenvalue weighted by atomic mass is 9.87. The lowest BCUT2D eigenvalue weighted by Gasteiger charge is -2.45. The number of aliphatic hydroxyl groups excluding tert-OH is 1. The average Bonchev–Trinajstić information content (AvgIpc) is 3.90. The van der Waals surface area contributed by atoms with Crippen molar-refractivity contribution in [3.63, 3.8) is 0 Å². The van der Waals surface area contributed by atoms with Gasteiger partial charge in [0.1, 0.15) is 41.4 Å². The molecule has 58 heavy (non-hydrogen) atoms. The Labute approximate surface area is 371 Å². The van der Waals surface area contributed by atoms with Crippen molar-refractivity contribution < 1.29 is 28.8 Å². The molecule has 320 valence electrons. The molecule has 0 radical (unpaired) electrons. The van der Waals surface area contributed by atoms with Crippen LogP contribution >= 0.6 is 70.6 Å². The number of benzene rings is 2. The second kappa shape index (κ2) is 23.4. The highest BCUT2D eigenvalue weighted by Gasteiger charge is 2.52. The molecule has 4 fully saturated rings. The van der Waals surface area contributed by atoms with Crippen LogP contribution in [-0.4, -0.2) is 146 Å². The van der Waals surface area contributed by atoms with E-state index in [0.717, 1.165) is 39.3 Å². The molecule has 10 nitrogen and oxygen atoms in total. The highest BCUT2D eigenvalue weighted by Crippen LogP contribution is 2.45. The number of aliphatic imine (C=N–C) groups is 2. The number of carbonyl (C=O) groups is 1. The minimum atomic E-state index is -0.506. The summed E-state index contributed by atoms with van der Waals surface area (Å²) in [5.74, 6) is 5.05. The van der Waals surface area contributed by atoms with Gasteiger partial charge in [-0.3, -0.25) is 9.98 Å². The maximum Gasteiger partial charge on any atom is 0.161 e. The zero-order valence-corrected chi connectivity index (χ0v) is 39.3. The molecule has 0 aromatic heterocycles. The van der Waals surface area contributed by atoms with Crippen LogP contribution in [0.5, 0.6) is 0 Å². The standard InChI is InChI=1S/C21H30N2O3S3.C17H22N2O3S.C4H8S2/c1-13-17(25-12-14-8-5-4-6-9-14)15-19(29-21(22-15)23(2)3)26-18(13)16(24)20-27-10-7-11-28-20;1-11-13(9-20)22-16-14(18-17(23-16)19(2)3)15(11)21-10-12-7-5-4-6-8-12;1-2-5-4-6-3-1/h4-6,8-9,13,15-20,24H,7,10-12H2,1-3H3;4-9,11,13-16H,10H2,1-3H3;1-4H2/t13-,15+,16?,17-,18-,19+;11-,13-,14-,15+,16-;/m01./s1. The van der Waals surface area contributed by atoms with Crippen LogP contribution in [-0.2, 0) is 37.0 Å². The Morgan fingerprint density at radius 3 is 1.67 bits per heavy atom. The summed E-state index contributed by atoms with van der Waals surface area (Å²) in [6.07, 6.45) is 2.11. The number of ether oxygens (including phenoxy) is 4. The number of fused-ring (bicyclic) bond motifs is 2. The van der Waals surface area contributed by atoms with Crippen LogP contribution in [0.2, 0.25) is 0 Å². The molecular weight excluding hydrogens is 849 g/mol. The molecular formula is C42H60N4O6S6. The number of carbonyl (C=O) groups excluding carboxylic acids is 1. The molecule has 6 heterocycles. The molecule has 6 aliphatic rings. The first-order chi connectivity index (χ1) is 28.1. The summed E-state index contributed by atoms with van der Waals surface area (Å²) in [7, 11) is 7.94. The summed E-state index contributed by atoms with van der Waals surface area (Å²) in [5.41, 5.74) is 2.01. The topological polar surface area (TPSA) is 105 Å². The van der Waals surface area contributed by atoms with Gasteiger partial charge in [0.25, 0.3) is 0 Å². The summed E-state index contributed by atoms with van der Waals surface area (Å²) >= 11 is 11.0. The Hall–Kier alpha value is -1.05. The van der Waals surface area contributed by atoms with Gasteiger partial charge in [-0.2, -0.15) is 23.5 Å². The third kappa shape index (κ3) is 12.5. The van der Waals surface area contributed by atoms with Crippen LogP contribution in [0.1, 0.15) is 37.8 Å². The van der Waals surface area contributed by atoms with E-state index in [1.54, 1.807) is 23.5 Å². The third-order valence-corrected chi connectivity index (χ3v) is 18.7. The summed E-state index contributed by atoms with van der Waals surface area (Å²) in [4.78, 5) is 25.0. The van der Waals surface area contributed by atoms with Crippen LogP contribution in [0, 0.1) is 11.8 Å². The van der Waals surface area contributed by atoms with E-state index < -0.39 is 12.2 Å². The molecule has 0 saturated carbocycles. The summed E-state index contributed by atoms with van der Waals surface area (Å²) in [6.45, 7) is 5.21. The number of nitrogens with zero attached hydrogens (tertiary/aromatic N) is 4. The van der Waals surface area contributed by atoms with Crippen LogP contribution < -0.4 is 0 Å². The lowest BCUT2D eigenvalue weighted by Crippen LogP contribution is -2.56. The molecule has 4 saturated heterocycles. The van der Waals surface area contributed by atoms with Crippen molar-refractivity contribution in [2.45, 2.75) is 98.0 Å². The number of aldehydes is 1. The van der Waals surface area contributed by atoms with E-state index >= 15 is 0 Å². The Balaban J connectivity index is 0.000000174. The van der Waals surface area contributed by atoms with Gasteiger partial charge >= 0.3 is 0 Å². The van der Waals surface area contributed by atoms with E-state index in [1.165, 1.54) is 29.4 Å². The third-order valence-electron chi connectivity index (χ3n) is 10.5. The highest BCUT2D eigenvalue weighted by molar-refractivity contribution is 8.17. The van der Waals surface area contributed by atoms with Gasteiger partial charge in [0.15, 0.2) is 10.3 Å². The highest BCUT2D eigenvalue weighted by atomic mass is 32.2. The summed E-state index contributed by atoms with van der Waals surface area (Å²) < 4.78 is 25.2. The van der Waals surface area contributed by atoms with Gasteiger partial charge in [-0.15, -0.1) is 23.5 Å². The minimum Gasteiger partial charge on any atom is -0.388 e. The maximum atomic E-state index is 11.4. The van der Waals surface area contributed by atoms with Gasteiger partial charge in [-0.25, -0.2) is 0 Å². The van der Waals surface area contributed by atoms with E-state index in [4.69, 9.17) is 28.9 Å². The average molecular weight is 909 g/mol. The van der Waals surface area contributed by atoms with E-state index in [0.29, 0.717) is 13.2 Å². The molecule has 11 atom stereocenters. The number of thioether (sulfide) groups is 6. The smallest absolute Gasteiger partial charge is 0.161 e. The molecule has 0 bridgehead atoms. The number of hydrogen-bond acceptors (Lipinski definition) is 16. The minimum absolute atomic E-state index is 0.0247. The number of hydrogen-bond donors (Lipinski definition) is 1. The normalized spacial score (nSPS) is 32.5. The molecule has 0 aliphatic carbocycles. The molecule has 8 rings (SSSR count). The number of rotatable bonds is 9. The number of aliphatic hydroxyl groups is 1. The van der Waals surface area contributed by atoms with E-state index in [2.05, 4.69) is 42.6 Å². The summed E-state index contributed by atoms with van der Waals surface area (Å²) in [6, 6.07) is 20.2. The first-order valence-corrected chi connectivity index (χ1v) is 26.3. The van der Waals surface area contributed by atoms with Gasteiger partial charge in [-0.05, 0) is 47.0 Å². The predicted octanol–water partition coefficient (Wildman–Crippen LogP) is 7.50. The molecule has 1 N–H and O–H groups in total. The molecule has 6 aliphatic heterocycles. The Morgan fingerprint density at radius 1 is 0.741 bits per heavy atom. The SMILES string of the molecule is C1CSCSC1.C[C@H]1[C@H](OCc2ccccc2)[C@H]2N=C(N(C)C)S[C@H]2O[C@@H]1C(O)C1SCCCS1.C[C@H]1[C@H](OCc2ccccc2)[C@H]2N=C(N(C)C)S[C@H]2O[C@@H]1C=O. The largest absolute Gasteiger partial charge is 0.388 e. The van der Waals surface area contributed by atoms with Crippen LogP contribution in [0.15, 0.2) is 70.6 Å². The Bertz CT molecular complexity index is 1590. The second-order valence-electron chi connectivity index (χ2n) is 15.4. The fourth-order valence-corrected chi connectivity index (χ4v) is 14.8. The van der Waals surface area contributed by atoms with Gasteiger partial charge in [-0.1, -0.05) is 98.0 Å². The molecule has 0 spiro atoms. The quantitative estimate of drug-likeness (QED) is 0.251. The lowest BCUT2D eigenvalue weighted by molar-refractivity contribution is -0.165. The Kier molecular flexibility index (Phi) is 18.7. The Morgan fingerprint density at radius 2 is 1.22 bits per heavy atom. The van der Waals surface area contributed by atoms with Crippen molar-refractivity contribution in [2.24, 2.45) is 21.8 Å². The predicted molar refractivity (Wildman–Crippen MR) is 250 cm³/mol. The molecule has 0 amide bonds. The van der Waals surface area contributed by atoms with Crippen LogP contribution in [0.3, 0.4) is 0 Å². The molecule has 1 unspecified atom stereocenters. The van der Waals surface area contributed by atoms with Crippen molar-refractivity contribution in [3.05, 3.63) is 71.8 Å². The van der Waals surface area contributed by atoms with Crippen molar-refractivity contribution >= 4 is 87.2 Å². The van der Waals surface area contributed by atoms with Crippen molar-refractivity contribution in [1.82, 2.24) is 9.80 Å². The molecule has 16 heteroatoms. The van der Waals surface area contributed by atoms with Crippen molar-refractivity contribution in [1.29, 1.82) is 0 Å². The van der Waals surface area contributed by atoms with Crippen molar-refractivity contribution in [3.8, 4) is 0 Å². The summed E-state index contributed by atoms with van der Waals surface area (Å²) in [5, 5.41) is 14.4. The molecule has 2 aromatic rings. The van der Waals surface area contributed by atoms with E-state index in [9.17, 15) is 9.90 Å². The maximum absolute atomic E-state index is 11.4. The van der Waals surface area contributed by atoms with Crippen molar-refractivity contribution in [2.75, 3.05) is 56.3 Å². The van der Waals surface area contributed by atoms with Gasteiger partial charge in [0.2, 0.25) is 0 Å².